The molecule has 0 saturated carbocycles. The number of aromatic nitrogens is 2. The number of carbonyl (C=O) groups excluding carboxylic acids is 1. The average molecular weight is 236 g/mol. The van der Waals surface area contributed by atoms with E-state index in [-0.39, 0.29) is 5.91 Å². The van der Waals surface area contributed by atoms with E-state index in [1.54, 1.807) is 6.07 Å². The zero-order valence-corrected chi connectivity index (χ0v) is 9.16. The van der Waals surface area contributed by atoms with Gasteiger partial charge >= 0.3 is 0 Å². The lowest BCUT2D eigenvalue weighted by Crippen LogP contribution is -2.23. The van der Waals surface area contributed by atoms with Gasteiger partial charge in [-0.15, -0.1) is 0 Å². The standard InChI is InChI=1S/C11H10ClN3O/c12-9-4-2-1-3-8(9)5-14-11(16)10-6-13-7-15-10/h1-4,6-7H,5H2,(H,13,15)(H,14,16). The van der Waals surface area contributed by atoms with Crippen LogP contribution >= 0.6 is 11.6 Å². The van der Waals surface area contributed by atoms with Crippen LogP contribution in [0.3, 0.4) is 0 Å². The van der Waals surface area contributed by atoms with Crippen LogP contribution in [0.15, 0.2) is 36.8 Å². The van der Waals surface area contributed by atoms with Crippen LogP contribution in [0.25, 0.3) is 0 Å². The maximum atomic E-state index is 11.6. The van der Waals surface area contributed by atoms with Crippen molar-refractivity contribution in [1.82, 2.24) is 15.3 Å². The third kappa shape index (κ3) is 2.41. The highest BCUT2D eigenvalue weighted by Crippen LogP contribution is 2.14. The molecule has 1 aromatic heterocycles. The Morgan fingerprint density at radius 3 is 2.94 bits per heavy atom. The summed E-state index contributed by atoms with van der Waals surface area (Å²) in [5.41, 5.74) is 1.32. The molecule has 4 nitrogen and oxygen atoms in total. The van der Waals surface area contributed by atoms with Crippen molar-refractivity contribution < 1.29 is 4.79 Å². The summed E-state index contributed by atoms with van der Waals surface area (Å²) in [6, 6.07) is 7.39. The summed E-state index contributed by atoms with van der Waals surface area (Å²) in [5, 5.41) is 3.39. The van der Waals surface area contributed by atoms with Crippen LogP contribution in [0, 0.1) is 0 Å². The molecular formula is C11H10ClN3O. The molecular weight excluding hydrogens is 226 g/mol. The maximum Gasteiger partial charge on any atom is 0.269 e. The Morgan fingerprint density at radius 1 is 1.44 bits per heavy atom. The fraction of sp³-hybridized carbons (Fsp3) is 0.0909. The summed E-state index contributed by atoms with van der Waals surface area (Å²) in [5.74, 6) is -0.197. The third-order valence-corrected chi connectivity index (χ3v) is 2.51. The first kappa shape index (κ1) is 10.7. The summed E-state index contributed by atoms with van der Waals surface area (Å²) in [4.78, 5) is 18.1. The second-order valence-electron chi connectivity index (χ2n) is 3.24. The van der Waals surface area contributed by atoms with Crippen molar-refractivity contribution in [3.63, 3.8) is 0 Å². The van der Waals surface area contributed by atoms with Gasteiger partial charge < -0.3 is 10.3 Å². The predicted octanol–water partition coefficient (Wildman–Crippen LogP) is 1.99. The molecule has 1 amide bonds. The quantitative estimate of drug-likeness (QED) is 0.855. The van der Waals surface area contributed by atoms with Crippen molar-refractivity contribution in [3.05, 3.63) is 53.1 Å². The smallest absolute Gasteiger partial charge is 0.269 e. The highest BCUT2D eigenvalue weighted by Gasteiger charge is 2.06. The lowest BCUT2D eigenvalue weighted by atomic mass is 10.2. The maximum absolute atomic E-state index is 11.6. The molecule has 1 aromatic carbocycles. The minimum atomic E-state index is -0.197. The van der Waals surface area contributed by atoms with Crippen molar-refractivity contribution in [2.75, 3.05) is 0 Å². The average Bonchev–Trinajstić information content (AvgIpc) is 2.81. The molecule has 0 radical (unpaired) electrons. The van der Waals surface area contributed by atoms with E-state index in [1.807, 2.05) is 18.2 Å². The van der Waals surface area contributed by atoms with E-state index in [9.17, 15) is 4.79 Å². The van der Waals surface area contributed by atoms with Gasteiger partial charge in [-0.2, -0.15) is 0 Å². The number of imidazole rings is 1. The third-order valence-electron chi connectivity index (χ3n) is 2.14. The molecule has 0 spiro atoms. The summed E-state index contributed by atoms with van der Waals surface area (Å²) in [7, 11) is 0. The molecule has 0 atom stereocenters. The number of halogens is 1. The molecule has 2 N–H and O–H groups in total. The summed E-state index contributed by atoms with van der Waals surface area (Å²) in [6.45, 7) is 0.400. The van der Waals surface area contributed by atoms with Crippen LogP contribution in [-0.2, 0) is 6.54 Å². The highest BCUT2D eigenvalue weighted by atomic mass is 35.5. The Kier molecular flexibility index (Phi) is 3.22. The van der Waals surface area contributed by atoms with Gasteiger partial charge in [0.1, 0.15) is 5.69 Å². The molecule has 0 aliphatic heterocycles. The SMILES string of the molecule is O=C(NCc1ccccc1Cl)c1cnc[nH]1. The van der Waals surface area contributed by atoms with Crippen LogP contribution in [-0.4, -0.2) is 15.9 Å². The second-order valence-corrected chi connectivity index (χ2v) is 3.65. The van der Waals surface area contributed by atoms with Crippen molar-refractivity contribution >= 4 is 17.5 Å². The number of nitrogens with one attached hydrogen (secondary N) is 2. The van der Waals surface area contributed by atoms with Crippen molar-refractivity contribution in [2.45, 2.75) is 6.54 Å². The Bertz CT molecular complexity index is 482. The van der Waals surface area contributed by atoms with E-state index >= 15 is 0 Å². The number of carbonyl (C=O) groups is 1. The van der Waals surface area contributed by atoms with E-state index in [2.05, 4.69) is 15.3 Å². The van der Waals surface area contributed by atoms with Gasteiger partial charge in [-0.1, -0.05) is 29.8 Å². The van der Waals surface area contributed by atoms with Crippen molar-refractivity contribution in [3.8, 4) is 0 Å². The van der Waals surface area contributed by atoms with Crippen LogP contribution in [0.1, 0.15) is 16.1 Å². The van der Waals surface area contributed by atoms with Gasteiger partial charge in [0.15, 0.2) is 0 Å². The van der Waals surface area contributed by atoms with Crippen molar-refractivity contribution in [2.24, 2.45) is 0 Å². The number of nitrogens with zero attached hydrogens (tertiary/aromatic N) is 1. The number of hydrogen-bond acceptors (Lipinski definition) is 2. The molecule has 0 bridgehead atoms. The minimum absolute atomic E-state index is 0.197. The van der Waals surface area contributed by atoms with Gasteiger partial charge in [0, 0.05) is 11.6 Å². The van der Waals surface area contributed by atoms with Gasteiger partial charge in [0.2, 0.25) is 0 Å². The molecule has 0 unspecified atom stereocenters. The molecule has 2 aromatic rings. The Labute approximate surface area is 97.7 Å². The lowest BCUT2D eigenvalue weighted by Gasteiger charge is -2.05. The Hall–Kier alpha value is -1.81. The minimum Gasteiger partial charge on any atom is -0.347 e. The molecule has 1 heterocycles. The number of aromatic amines is 1. The topological polar surface area (TPSA) is 57.8 Å². The number of benzene rings is 1. The number of hydrogen-bond donors (Lipinski definition) is 2. The summed E-state index contributed by atoms with van der Waals surface area (Å²) < 4.78 is 0. The first-order valence-corrected chi connectivity index (χ1v) is 5.15. The summed E-state index contributed by atoms with van der Waals surface area (Å²) in [6.07, 6.45) is 2.94. The van der Waals surface area contributed by atoms with E-state index in [4.69, 9.17) is 11.6 Å². The highest BCUT2D eigenvalue weighted by molar-refractivity contribution is 6.31. The zero-order valence-electron chi connectivity index (χ0n) is 8.40. The van der Waals surface area contributed by atoms with E-state index < -0.39 is 0 Å². The van der Waals surface area contributed by atoms with Gasteiger partial charge in [-0.05, 0) is 11.6 Å². The molecule has 82 valence electrons. The summed E-state index contributed by atoms with van der Waals surface area (Å²) >= 11 is 5.96. The largest absolute Gasteiger partial charge is 0.347 e. The number of rotatable bonds is 3. The Balaban J connectivity index is 1.98. The zero-order chi connectivity index (χ0) is 11.4. The first-order chi connectivity index (χ1) is 7.77. The van der Waals surface area contributed by atoms with Gasteiger partial charge in [0.25, 0.3) is 5.91 Å². The fourth-order valence-electron chi connectivity index (χ4n) is 1.29. The molecule has 0 aliphatic rings. The molecule has 0 saturated heterocycles. The van der Waals surface area contributed by atoms with Crippen LogP contribution in [0.5, 0.6) is 0 Å². The molecule has 2 rings (SSSR count). The predicted molar refractivity (Wildman–Crippen MR) is 61.2 cm³/mol. The van der Waals surface area contributed by atoms with E-state index in [1.165, 1.54) is 12.5 Å². The van der Waals surface area contributed by atoms with E-state index in [0.29, 0.717) is 17.3 Å². The normalized spacial score (nSPS) is 10.1. The first-order valence-electron chi connectivity index (χ1n) is 4.77. The van der Waals surface area contributed by atoms with Gasteiger partial charge in [-0.3, -0.25) is 4.79 Å². The van der Waals surface area contributed by atoms with Crippen LogP contribution < -0.4 is 5.32 Å². The molecule has 0 aliphatic carbocycles. The number of amides is 1. The molecule has 16 heavy (non-hydrogen) atoms. The molecule has 0 fully saturated rings. The van der Waals surface area contributed by atoms with Crippen LogP contribution in [0.4, 0.5) is 0 Å². The number of H-pyrrole nitrogens is 1. The monoisotopic (exact) mass is 235 g/mol. The second kappa shape index (κ2) is 4.81. The van der Waals surface area contributed by atoms with Gasteiger partial charge in [0.05, 0.1) is 12.5 Å². The van der Waals surface area contributed by atoms with Crippen molar-refractivity contribution in [1.29, 1.82) is 0 Å². The Morgan fingerprint density at radius 2 is 2.25 bits per heavy atom. The van der Waals surface area contributed by atoms with Gasteiger partial charge in [-0.25, -0.2) is 4.98 Å². The van der Waals surface area contributed by atoms with E-state index in [0.717, 1.165) is 5.56 Å². The molecule has 5 heteroatoms. The lowest BCUT2D eigenvalue weighted by molar-refractivity contribution is 0.0946. The fourth-order valence-corrected chi connectivity index (χ4v) is 1.50. The van der Waals surface area contributed by atoms with Crippen LogP contribution in [0.2, 0.25) is 5.02 Å².